The van der Waals surface area contributed by atoms with Crippen molar-refractivity contribution in [1.29, 1.82) is 0 Å². The molecule has 1 atom stereocenters. The highest BCUT2D eigenvalue weighted by Crippen LogP contribution is 2.19. The molecule has 78 valence electrons. The summed E-state index contributed by atoms with van der Waals surface area (Å²) in [5, 5.41) is 0. The van der Waals surface area contributed by atoms with E-state index in [1.54, 1.807) is 4.90 Å². The van der Waals surface area contributed by atoms with E-state index in [1.807, 2.05) is 0 Å². The Morgan fingerprint density at radius 3 is 2.71 bits per heavy atom. The maximum absolute atomic E-state index is 11.1. The van der Waals surface area contributed by atoms with Crippen molar-refractivity contribution in [2.24, 2.45) is 5.92 Å². The molecule has 1 amide bonds. The zero-order valence-electron chi connectivity index (χ0n) is 8.32. The van der Waals surface area contributed by atoms with Crippen molar-refractivity contribution in [2.45, 2.75) is 12.8 Å². The van der Waals surface area contributed by atoms with Crippen LogP contribution in [0.25, 0.3) is 0 Å². The molecule has 0 bridgehead atoms. The highest BCUT2D eigenvalue weighted by molar-refractivity contribution is 6.23. The van der Waals surface area contributed by atoms with Crippen molar-refractivity contribution in [3.05, 3.63) is 0 Å². The molecule has 0 radical (unpaired) electrons. The molecule has 2 aliphatic rings. The smallest absolute Gasteiger partial charge is 0.286 e. The Bertz CT molecular complexity index is 238. The van der Waals surface area contributed by atoms with Gasteiger partial charge < -0.3 is 9.80 Å². The lowest BCUT2D eigenvalue weighted by molar-refractivity contribution is -0.138. The first kappa shape index (κ1) is 9.65. The summed E-state index contributed by atoms with van der Waals surface area (Å²) < 4.78 is 0. The van der Waals surface area contributed by atoms with E-state index in [-0.39, 0.29) is 5.91 Å². The van der Waals surface area contributed by atoms with Gasteiger partial charge in [-0.1, -0.05) is 0 Å². The maximum atomic E-state index is 11.1. The monoisotopic (exact) mass is 196 g/mol. The lowest BCUT2D eigenvalue weighted by atomic mass is 10.1. The van der Waals surface area contributed by atoms with Crippen LogP contribution in [0, 0.1) is 5.92 Å². The molecular formula is C10H16N2O2. The van der Waals surface area contributed by atoms with Crippen LogP contribution in [-0.4, -0.2) is 54.7 Å². The molecule has 0 N–H and O–H groups in total. The van der Waals surface area contributed by atoms with Crippen LogP contribution >= 0.6 is 0 Å². The number of hydrogen-bond donors (Lipinski definition) is 0. The fourth-order valence-electron chi connectivity index (χ4n) is 2.19. The van der Waals surface area contributed by atoms with E-state index >= 15 is 0 Å². The largest absolute Gasteiger partial charge is 0.336 e. The molecule has 2 saturated heterocycles. The van der Waals surface area contributed by atoms with Crippen molar-refractivity contribution >= 4 is 12.2 Å². The van der Waals surface area contributed by atoms with Gasteiger partial charge >= 0.3 is 0 Å². The van der Waals surface area contributed by atoms with Crippen LogP contribution in [0.15, 0.2) is 0 Å². The van der Waals surface area contributed by atoms with Gasteiger partial charge in [-0.3, -0.25) is 9.59 Å². The van der Waals surface area contributed by atoms with Crippen LogP contribution in [0.3, 0.4) is 0 Å². The van der Waals surface area contributed by atoms with E-state index in [0.29, 0.717) is 12.2 Å². The third kappa shape index (κ3) is 1.95. The second-order valence-corrected chi connectivity index (χ2v) is 4.21. The predicted molar refractivity (Wildman–Crippen MR) is 51.8 cm³/mol. The van der Waals surface area contributed by atoms with Crippen molar-refractivity contribution in [3.63, 3.8) is 0 Å². The quantitative estimate of drug-likeness (QED) is 0.461. The average molecular weight is 196 g/mol. The van der Waals surface area contributed by atoms with Gasteiger partial charge in [0.1, 0.15) is 0 Å². The Morgan fingerprint density at radius 2 is 2.14 bits per heavy atom. The van der Waals surface area contributed by atoms with Crippen LogP contribution in [-0.2, 0) is 9.59 Å². The third-order valence-corrected chi connectivity index (χ3v) is 3.16. The van der Waals surface area contributed by atoms with Crippen LogP contribution in [0.2, 0.25) is 0 Å². The number of likely N-dealkylation sites (tertiary alicyclic amines) is 2. The Kier molecular flexibility index (Phi) is 2.82. The molecule has 4 nitrogen and oxygen atoms in total. The lowest BCUT2D eigenvalue weighted by Gasteiger charge is -2.32. The average Bonchev–Trinajstić information content (AvgIpc) is 2.58. The highest BCUT2D eigenvalue weighted by Gasteiger charge is 2.28. The van der Waals surface area contributed by atoms with E-state index in [4.69, 9.17) is 0 Å². The number of aldehydes is 1. The highest BCUT2D eigenvalue weighted by atomic mass is 16.2. The number of carbonyl (C=O) groups is 2. The van der Waals surface area contributed by atoms with Crippen molar-refractivity contribution in [1.82, 2.24) is 9.80 Å². The SMILES string of the molecule is O=CC(=O)N1CC[C@H](CN2CCC2)C1. The molecule has 0 spiro atoms. The zero-order chi connectivity index (χ0) is 9.97. The minimum atomic E-state index is -0.351. The molecule has 0 aromatic heterocycles. The van der Waals surface area contributed by atoms with Gasteiger partial charge in [0.25, 0.3) is 5.91 Å². The molecule has 0 unspecified atom stereocenters. The van der Waals surface area contributed by atoms with E-state index in [9.17, 15) is 9.59 Å². The first-order valence-corrected chi connectivity index (χ1v) is 5.26. The number of carbonyl (C=O) groups excluding carboxylic acids is 2. The summed E-state index contributed by atoms with van der Waals surface area (Å²) in [7, 11) is 0. The second kappa shape index (κ2) is 4.09. The van der Waals surface area contributed by atoms with Gasteiger partial charge in [0.15, 0.2) is 0 Å². The van der Waals surface area contributed by atoms with E-state index in [2.05, 4.69) is 4.90 Å². The van der Waals surface area contributed by atoms with Gasteiger partial charge in [-0.2, -0.15) is 0 Å². The first-order valence-electron chi connectivity index (χ1n) is 5.26. The molecule has 2 heterocycles. The number of hydrogen-bond acceptors (Lipinski definition) is 3. The fourth-order valence-corrected chi connectivity index (χ4v) is 2.19. The predicted octanol–water partition coefficient (Wildman–Crippen LogP) is -0.261. The van der Waals surface area contributed by atoms with Gasteiger partial charge in [-0.15, -0.1) is 0 Å². The van der Waals surface area contributed by atoms with Gasteiger partial charge in [-0.25, -0.2) is 0 Å². The molecule has 4 heteroatoms. The van der Waals surface area contributed by atoms with Crippen LogP contribution in [0.5, 0.6) is 0 Å². The van der Waals surface area contributed by atoms with E-state index in [1.165, 1.54) is 19.5 Å². The van der Waals surface area contributed by atoms with Crippen LogP contribution in [0.1, 0.15) is 12.8 Å². The van der Waals surface area contributed by atoms with E-state index in [0.717, 1.165) is 26.1 Å². The number of amides is 1. The van der Waals surface area contributed by atoms with Crippen molar-refractivity contribution in [3.8, 4) is 0 Å². The summed E-state index contributed by atoms with van der Waals surface area (Å²) in [6.45, 7) is 5.04. The third-order valence-electron chi connectivity index (χ3n) is 3.16. The second-order valence-electron chi connectivity index (χ2n) is 4.21. The van der Waals surface area contributed by atoms with Crippen molar-refractivity contribution in [2.75, 3.05) is 32.7 Å². The summed E-state index contributed by atoms with van der Waals surface area (Å²) in [5.74, 6) is 0.232. The lowest BCUT2D eigenvalue weighted by Crippen LogP contribution is -2.41. The summed E-state index contributed by atoms with van der Waals surface area (Å²) in [5.41, 5.74) is 0. The Labute approximate surface area is 83.9 Å². The Balaban J connectivity index is 1.76. The van der Waals surface area contributed by atoms with Gasteiger partial charge in [0.05, 0.1) is 0 Å². The summed E-state index contributed by atoms with van der Waals surface area (Å²) >= 11 is 0. The Morgan fingerprint density at radius 1 is 1.36 bits per heavy atom. The summed E-state index contributed by atoms with van der Waals surface area (Å²) in [6.07, 6.45) is 2.78. The molecule has 0 aromatic carbocycles. The Hall–Kier alpha value is -0.900. The van der Waals surface area contributed by atoms with E-state index < -0.39 is 0 Å². The molecule has 2 fully saturated rings. The van der Waals surface area contributed by atoms with Crippen LogP contribution < -0.4 is 0 Å². The zero-order valence-corrected chi connectivity index (χ0v) is 8.32. The van der Waals surface area contributed by atoms with Crippen molar-refractivity contribution < 1.29 is 9.59 Å². The number of rotatable bonds is 3. The molecular weight excluding hydrogens is 180 g/mol. The topological polar surface area (TPSA) is 40.6 Å². The first-order chi connectivity index (χ1) is 6.79. The van der Waals surface area contributed by atoms with Crippen LogP contribution in [0.4, 0.5) is 0 Å². The number of nitrogens with zero attached hydrogens (tertiary/aromatic N) is 2. The minimum Gasteiger partial charge on any atom is -0.336 e. The maximum Gasteiger partial charge on any atom is 0.286 e. The molecule has 0 saturated carbocycles. The van der Waals surface area contributed by atoms with Gasteiger partial charge in [0, 0.05) is 19.6 Å². The standard InChI is InChI=1S/C10H16N2O2/c13-8-10(14)12-5-2-9(7-12)6-11-3-1-4-11/h8-9H,1-7H2/t9-/m1/s1. The summed E-state index contributed by atoms with van der Waals surface area (Å²) in [4.78, 5) is 25.4. The molecule has 0 aromatic rings. The molecule has 2 rings (SSSR count). The fraction of sp³-hybridized carbons (Fsp3) is 0.800. The summed E-state index contributed by atoms with van der Waals surface area (Å²) in [6, 6.07) is 0. The minimum absolute atomic E-state index is 0.351. The normalized spacial score (nSPS) is 27.4. The molecule has 0 aliphatic carbocycles. The van der Waals surface area contributed by atoms with Gasteiger partial charge in [-0.05, 0) is 31.8 Å². The van der Waals surface area contributed by atoms with Gasteiger partial charge in [0.2, 0.25) is 6.29 Å². The molecule has 14 heavy (non-hydrogen) atoms. The molecule has 2 aliphatic heterocycles.